The highest BCUT2D eigenvalue weighted by molar-refractivity contribution is 6.00. The Balaban J connectivity index is 2.89. The van der Waals surface area contributed by atoms with E-state index in [4.69, 9.17) is 16.6 Å². The van der Waals surface area contributed by atoms with Crippen LogP contribution in [0.15, 0.2) is 6.33 Å². The van der Waals surface area contributed by atoms with E-state index in [0.29, 0.717) is 11.0 Å². The zero-order valence-electron chi connectivity index (χ0n) is 6.48. The normalized spacial score (nSPS) is 10.8. The molecule has 0 bridgehead atoms. The fourth-order valence-corrected chi connectivity index (χ4v) is 1.24. The van der Waals surface area contributed by atoms with Gasteiger partial charge >= 0.3 is 6.09 Å². The largest absolute Gasteiger partial charge is 0.464 e. The molecule has 2 aromatic rings. The van der Waals surface area contributed by atoms with Crippen molar-refractivity contribution in [1.29, 1.82) is 0 Å². The van der Waals surface area contributed by atoms with Crippen LogP contribution in [0.25, 0.3) is 11.0 Å². The molecule has 0 aromatic carbocycles. The Kier molecular flexibility index (Phi) is 1.24. The minimum absolute atomic E-state index is 0.0289. The monoisotopic (exact) mass is 181 g/mol. The average molecular weight is 181 g/mol. The lowest BCUT2D eigenvalue weighted by molar-refractivity contribution is 0.197. The van der Waals surface area contributed by atoms with Gasteiger partial charge in [0.15, 0.2) is 0 Å². The van der Waals surface area contributed by atoms with E-state index in [9.17, 15) is 4.79 Å². The highest BCUT2D eigenvalue weighted by Crippen LogP contribution is 2.26. The molecule has 0 aliphatic heterocycles. The third-order valence-corrected chi connectivity index (χ3v) is 1.81. The summed E-state index contributed by atoms with van der Waals surface area (Å²) in [5.74, 6) is 0.0822. The fourth-order valence-electron chi connectivity index (χ4n) is 1.24. The summed E-state index contributed by atoms with van der Waals surface area (Å²) in [4.78, 5) is 17.2. The van der Waals surface area contributed by atoms with Gasteiger partial charge in [-0.15, -0.1) is 0 Å². The maximum absolute atomic E-state index is 10.7. The number of carboxylic acid groups (broad SMARTS) is 1. The van der Waals surface area contributed by atoms with Crippen LogP contribution < -0.4 is 11.5 Å². The zero-order chi connectivity index (χ0) is 9.59. The molecule has 2 rings (SSSR count). The van der Waals surface area contributed by atoms with Gasteiger partial charge in [0.2, 0.25) is 0 Å². The van der Waals surface area contributed by atoms with Crippen molar-refractivity contribution in [2.45, 2.75) is 0 Å². The van der Waals surface area contributed by atoms with Gasteiger partial charge in [-0.05, 0) is 0 Å². The number of fused-ring (bicyclic) bond motifs is 1. The Morgan fingerprint density at radius 2 is 2.23 bits per heavy atom. The maximum atomic E-state index is 10.7. The molecule has 0 radical (unpaired) electrons. The van der Waals surface area contributed by atoms with Crippen molar-refractivity contribution < 1.29 is 9.90 Å². The topological polar surface area (TPSA) is 123 Å². The first kappa shape index (κ1) is 7.47. The highest BCUT2D eigenvalue weighted by atomic mass is 16.4. The maximum Gasteiger partial charge on any atom is 0.418 e. The predicted molar refractivity (Wildman–Crippen MR) is 46.3 cm³/mol. The van der Waals surface area contributed by atoms with E-state index in [1.807, 2.05) is 0 Å². The Morgan fingerprint density at radius 1 is 1.54 bits per heavy atom. The molecule has 0 atom stereocenters. The van der Waals surface area contributed by atoms with Crippen LogP contribution in [-0.2, 0) is 0 Å². The first-order valence-electron chi connectivity index (χ1n) is 3.45. The summed E-state index contributed by atoms with van der Waals surface area (Å²) in [5, 5.41) is 8.73. The molecule has 13 heavy (non-hydrogen) atoms. The Labute approximate surface area is 72.0 Å². The van der Waals surface area contributed by atoms with Crippen LogP contribution in [0.3, 0.4) is 0 Å². The van der Waals surface area contributed by atoms with Crippen molar-refractivity contribution in [3.8, 4) is 0 Å². The van der Waals surface area contributed by atoms with Crippen LogP contribution in [-0.4, -0.2) is 25.7 Å². The van der Waals surface area contributed by atoms with Gasteiger partial charge in [-0.1, -0.05) is 0 Å². The summed E-state index contributed by atoms with van der Waals surface area (Å²) in [5.41, 5.74) is 11.8. The fraction of sp³-hybridized carbons (Fsp3) is 0. The lowest BCUT2D eigenvalue weighted by Crippen LogP contribution is -2.13. The number of carbonyl (C=O) groups is 1. The Bertz CT molecular complexity index is 448. The number of aromatic nitrogens is 3. The van der Waals surface area contributed by atoms with Crippen molar-refractivity contribution in [2.24, 2.45) is 0 Å². The van der Waals surface area contributed by atoms with Crippen LogP contribution in [0.2, 0.25) is 0 Å². The third kappa shape index (κ3) is 0.776. The number of hydrogen-bond donors (Lipinski definition) is 4. The summed E-state index contributed by atoms with van der Waals surface area (Å²) >= 11 is 0. The van der Waals surface area contributed by atoms with Crippen LogP contribution in [0, 0.1) is 0 Å². The molecule has 0 fully saturated rings. The van der Waals surface area contributed by atoms with Crippen molar-refractivity contribution in [2.75, 3.05) is 11.5 Å². The Hall–Kier alpha value is -2.18. The zero-order valence-corrected chi connectivity index (χ0v) is 6.48. The van der Waals surface area contributed by atoms with Crippen LogP contribution >= 0.6 is 0 Å². The number of hydrogen-bond acceptors (Lipinski definition) is 4. The van der Waals surface area contributed by atoms with Crippen molar-refractivity contribution in [3.05, 3.63) is 6.33 Å². The molecule has 0 spiro atoms. The lowest BCUT2D eigenvalue weighted by atomic mass is 10.5. The highest BCUT2D eigenvalue weighted by Gasteiger charge is 2.18. The molecule has 0 aliphatic carbocycles. The van der Waals surface area contributed by atoms with Gasteiger partial charge in [-0.2, -0.15) is 0 Å². The second kappa shape index (κ2) is 2.16. The third-order valence-electron chi connectivity index (χ3n) is 1.81. The minimum atomic E-state index is -1.22. The number of H-pyrrole nitrogens is 1. The second-order valence-corrected chi connectivity index (χ2v) is 2.51. The molecular formula is C6H7N5O2. The molecule has 68 valence electrons. The first-order valence-corrected chi connectivity index (χ1v) is 3.45. The smallest absolute Gasteiger partial charge is 0.418 e. The molecule has 0 saturated heterocycles. The molecule has 7 nitrogen and oxygen atoms in total. The van der Waals surface area contributed by atoms with Crippen LogP contribution in [0.5, 0.6) is 0 Å². The van der Waals surface area contributed by atoms with Gasteiger partial charge in [0.05, 0.1) is 6.33 Å². The molecule has 7 heteroatoms. The SMILES string of the molecule is Nc1c2nc[nH]c2c(N)n1C(=O)O. The molecule has 0 amide bonds. The lowest BCUT2D eigenvalue weighted by Gasteiger charge is -1.99. The van der Waals surface area contributed by atoms with Crippen molar-refractivity contribution >= 4 is 28.8 Å². The molecule has 2 aromatic heterocycles. The standard InChI is InChI=1S/C6H7N5O2/c7-4-2-3(10-1-9-2)5(8)11(4)6(12)13/h1H,7-8H2,(H,9,10)(H,12,13). The predicted octanol–water partition coefficient (Wildman–Crippen LogP) is 0.0549. The quantitative estimate of drug-likeness (QED) is 0.457. The first-order chi connectivity index (χ1) is 6.13. The van der Waals surface area contributed by atoms with Gasteiger partial charge in [0.1, 0.15) is 22.7 Å². The second-order valence-electron chi connectivity index (χ2n) is 2.51. The van der Waals surface area contributed by atoms with E-state index in [0.717, 1.165) is 4.57 Å². The Morgan fingerprint density at radius 3 is 2.77 bits per heavy atom. The summed E-state index contributed by atoms with van der Waals surface area (Å²) in [6, 6.07) is 0. The van der Waals surface area contributed by atoms with Gasteiger partial charge in [-0.3, -0.25) is 0 Å². The number of anilines is 2. The molecule has 2 heterocycles. The molecule has 0 aliphatic rings. The number of nitrogen functional groups attached to an aromatic ring is 2. The molecule has 0 saturated carbocycles. The number of imidazole rings is 1. The van der Waals surface area contributed by atoms with Crippen molar-refractivity contribution in [3.63, 3.8) is 0 Å². The number of rotatable bonds is 0. The van der Waals surface area contributed by atoms with Gasteiger partial charge in [-0.25, -0.2) is 14.3 Å². The van der Waals surface area contributed by atoms with E-state index < -0.39 is 6.09 Å². The number of nitrogens with two attached hydrogens (primary N) is 2. The van der Waals surface area contributed by atoms with E-state index in [1.54, 1.807) is 0 Å². The van der Waals surface area contributed by atoms with Gasteiger partial charge < -0.3 is 21.6 Å². The van der Waals surface area contributed by atoms with E-state index >= 15 is 0 Å². The van der Waals surface area contributed by atoms with E-state index in [2.05, 4.69) is 9.97 Å². The number of nitrogens with one attached hydrogen (secondary N) is 1. The van der Waals surface area contributed by atoms with Crippen LogP contribution in [0.4, 0.5) is 16.4 Å². The van der Waals surface area contributed by atoms with Crippen LogP contribution in [0.1, 0.15) is 0 Å². The van der Waals surface area contributed by atoms with Crippen molar-refractivity contribution in [1.82, 2.24) is 14.5 Å². The molecule has 0 unspecified atom stereocenters. The minimum Gasteiger partial charge on any atom is -0.464 e. The summed E-state index contributed by atoms with van der Waals surface area (Å²) in [6.45, 7) is 0. The summed E-state index contributed by atoms with van der Waals surface area (Å²) in [6.07, 6.45) is 0.185. The molecule has 6 N–H and O–H groups in total. The number of nitrogens with zero attached hydrogens (tertiary/aromatic N) is 2. The van der Waals surface area contributed by atoms with E-state index in [1.165, 1.54) is 6.33 Å². The summed E-state index contributed by atoms with van der Waals surface area (Å²) in [7, 11) is 0. The van der Waals surface area contributed by atoms with Gasteiger partial charge in [0, 0.05) is 0 Å². The summed E-state index contributed by atoms with van der Waals surface area (Å²) < 4.78 is 0.786. The van der Waals surface area contributed by atoms with Gasteiger partial charge in [0.25, 0.3) is 0 Å². The van der Waals surface area contributed by atoms with E-state index in [-0.39, 0.29) is 11.6 Å². The number of aromatic amines is 1. The average Bonchev–Trinajstić information content (AvgIpc) is 2.56. The molecular weight excluding hydrogens is 174 g/mol.